The Kier molecular flexibility index (Phi) is 5.51. The van der Waals surface area contributed by atoms with E-state index in [1.165, 1.54) is 0 Å². The quantitative estimate of drug-likeness (QED) is 0.864. The van der Waals surface area contributed by atoms with Crippen molar-refractivity contribution in [1.29, 1.82) is 0 Å². The van der Waals surface area contributed by atoms with Gasteiger partial charge < -0.3 is 10.0 Å². The number of likely N-dealkylation sites (tertiary alicyclic amines) is 1. The Morgan fingerprint density at radius 3 is 2.63 bits per heavy atom. The van der Waals surface area contributed by atoms with Gasteiger partial charge in [0.15, 0.2) is 0 Å². The average Bonchev–Trinajstić information content (AvgIpc) is 3.07. The standard InChI is InChI=1S/C19H23ClN4O3/c1-11(2)17-21-16(22-24(17)15-9-5-4-8-14(15)20)18(25)23-10-6-7-13(12(23)3)19(26)27/h4-5,8-9,11-13H,6-7,10H2,1-3H3,(H,26,27)/t12-,13-/m0/s1. The summed E-state index contributed by atoms with van der Waals surface area (Å²) in [4.78, 5) is 30.5. The van der Waals surface area contributed by atoms with Crippen LogP contribution < -0.4 is 0 Å². The minimum Gasteiger partial charge on any atom is -0.481 e. The lowest BCUT2D eigenvalue weighted by Crippen LogP contribution is -2.49. The maximum Gasteiger partial charge on any atom is 0.308 e. The molecule has 144 valence electrons. The number of carbonyl (C=O) groups excluding carboxylic acids is 1. The number of amides is 1. The molecule has 3 rings (SSSR count). The zero-order chi connectivity index (χ0) is 19.7. The number of hydrogen-bond acceptors (Lipinski definition) is 4. The fraction of sp³-hybridized carbons (Fsp3) is 0.474. The number of carboxylic acid groups (broad SMARTS) is 1. The molecule has 0 saturated carbocycles. The molecule has 1 aromatic carbocycles. The second-order valence-corrected chi connectivity index (χ2v) is 7.54. The van der Waals surface area contributed by atoms with Gasteiger partial charge in [-0.25, -0.2) is 9.67 Å². The Balaban J connectivity index is 1.98. The van der Waals surface area contributed by atoms with Crippen LogP contribution in [0.2, 0.25) is 5.02 Å². The topological polar surface area (TPSA) is 88.3 Å². The van der Waals surface area contributed by atoms with Gasteiger partial charge in [0.05, 0.1) is 16.6 Å². The van der Waals surface area contributed by atoms with E-state index >= 15 is 0 Å². The molecule has 2 aromatic rings. The number of nitrogens with zero attached hydrogens (tertiary/aromatic N) is 4. The molecule has 2 atom stereocenters. The van der Waals surface area contributed by atoms with Gasteiger partial charge >= 0.3 is 5.97 Å². The molecule has 27 heavy (non-hydrogen) atoms. The zero-order valence-corrected chi connectivity index (χ0v) is 16.3. The average molecular weight is 391 g/mol. The lowest BCUT2D eigenvalue weighted by atomic mass is 9.90. The van der Waals surface area contributed by atoms with E-state index in [0.717, 1.165) is 0 Å². The van der Waals surface area contributed by atoms with Crippen molar-refractivity contribution < 1.29 is 14.7 Å². The third kappa shape index (κ3) is 3.69. The zero-order valence-electron chi connectivity index (χ0n) is 15.6. The molecule has 8 heteroatoms. The number of hydrogen-bond donors (Lipinski definition) is 1. The van der Waals surface area contributed by atoms with Gasteiger partial charge in [-0.2, -0.15) is 0 Å². The minimum atomic E-state index is -0.877. The first kappa shape index (κ1) is 19.4. The Morgan fingerprint density at radius 1 is 1.30 bits per heavy atom. The number of rotatable bonds is 4. The van der Waals surface area contributed by atoms with Crippen LogP contribution in [0.1, 0.15) is 56.0 Å². The fourth-order valence-corrected chi connectivity index (χ4v) is 3.69. The van der Waals surface area contributed by atoms with Crippen LogP contribution in [0.3, 0.4) is 0 Å². The summed E-state index contributed by atoms with van der Waals surface area (Å²) in [7, 11) is 0. The number of para-hydroxylation sites is 1. The highest BCUT2D eigenvalue weighted by molar-refractivity contribution is 6.32. The molecule has 1 fully saturated rings. The smallest absolute Gasteiger partial charge is 0.308 e. The molecule has 1 aromatic heterocycles. The van der Waals surface area contributed by atoms with Crippen LogP contribution in [0.25, 0.3) is 5.69 Å². The van der Waals surface area contributed by atoms with Crippen molar-refractivity contribution in [2.45, 2.75) is 45.6 Å². The number of halogens is 1. The van der Waals surface area contributed by atoms with Crippen LogP contribution in [0.15, 0.2) is 24.3 Å². The fourth-order valence-electron chi connectivity index (χ4n) is 3.48. The number of carbonyl (C=O) groups is 2. The highest BCUT2D eigenvalue weighted by atomic mass is 35.5. The van der Waals surface area contributed by atoms with E-state index in [1.807, 2.05) is 32.0 Å². The van der Waals surface area contributed by atoms with E-state index in [1.54, 1.807) is 22.6 Å². The Bertz CT molecular complexity index is 864. The molecule has 0 bridgehead atoms. The van der Waals surface area contributed by atoms with E-state index in [0.29, 0.717) is 35.9 Å². The molecule has 2 heterocycles. The molecular weight excluding hydrogens is 368 g/mol. The van der Waals surface area contributed by atoms with Gasteiger partial charge in [0, 0.05) is 18.5 Å². The summed E-state index contributed by atoms with van der Waals surface area (Å²) in [5.41, 5.74) is 0.657. The first-order chi connectivity index (χ1) is 12.8. The predicted octanol–water partition coefficient (Wildman–Crippen LogP) is 3.37. The van der Waals surface area contributed by atoms with Crippen molar-refractivity contribution in [3.8, 4) is 5.69 Å². The molecule has 0 radical (unpaired) electrons. The van der Waals surface area contributed by atoms with Gasteiger partial charge in [0.1, 0.15) is 5.82 Å². The summed E-state index contributed by atoms with van der Waals surface area (Å²) >= 11 is 6.30. The van der Waals surface area contributed by atoms with Crippen molar-refractivity contribution in [3.63, 3.8) is 0 Å². The third-order valence-corrected chi connectivity index (χ3v) is 5.31. The van der Waals surface area contributed by atoms with E-state index < -0.39 is 17.9 Å². The van der Waals surface area contributed by atoms with Gasteiger partial charge in [0.25, 0.3) is 5.91 Å². The second-order valence-electron chi connectivity index (χ2n) is 7.14. The second kappa shape index (κ2) is 7.68. The van der Waals surface area contributed by atoms with Crippen LogP contribution in [0.4, 0.5) is 0 Å². The normalized spacial score (nSPS) is 20.1. The van der Waals surface area contributed by atoms with Crippen LogP contribution >= 0.6 is 11.6 Å². The maximum absolute atomic E-state index is 13.0. The van der Waals surface area contributed by atoms with E-state index in [-0.39, 0.29) is 17.6 Å². The first-order valence-corrected chi connectivity index (χ1v) is 9.44. The summed E-state index contributed by atoms with van der Waals surface area (Å²) in [5.74, 6) is -1.07. The highest BCUT2D eigenvalue weighted by Crippen LogP contribution is 2.27. The first-order valence-electron chi connectivity index (χ1n) is 9.07. The number of aromatic nitrogens is 3. The Morgan fingerprint density at radius 2 is 2.00 bits per heavy atom. The minimum absolute atomic E-state index is 0.0286. The van der Waals surface area contributed by atoms with Crippen molar-refractivity contribution in [2.24, 2.45) is 5.92 Å². The summed E-state index contributed by atoms with van der Waals surface area (Å²) in [6, 6.07) is 6.85. The molecule has 1 amide bonds. The van der Waals surface area contributed by atoms with E-state index in [4.69, 9.17) is 11.6 Å². The summed E-state index contributed by atoms with van der Waals surface area (Å²) < 4.78 is 1.60. The van der Waals surface area contributed by atoms with Gasteiger partial charge in [-0.1, -0.05) is 37.6 Å². The summed E-state index contributed by atoms with van der Waals surface area (Å²) in [6.07, 6.45) is 1.22. The number of carboxylic acids is 1. The lowest BCUT2D eigenvalue weighted by Gasteiger charge is -2.36. The Labute approximate surface area is 163 Å². The van der Waals surface area contributed by atoms with Crippen LogP contribution in [-0.2, 0) is 4.79 Å². The van der Waals surface area contributed by atoms with Crippen LogP contribution in [0.5, 0.6) is 0 Å². The van der Waals surface area contributed by atoms with E-state index in [2.05, 4.69) is 10.1 Å². The van der Waals surface area contributed by atoms with Crippen molar-refractivity contribution >= 4 is 23.5 Å². The van der Waals surface area contributed by atoms with Gasteiger partial charge in [0.2, 0.25) is 5.82 Å². The summed E-state index contributed by atoms with van der Waals surface area (Å²) in [6.45, 7) is 6.21. The Hall–Kier alpha value is -2.41. The molecule has 0 aliphatic carbocycles. The maximum atomic E-state index is 13.0. The monoisotopic (exact) mass is 390 g/mol. The van der Waals surface area contributed by atoms with Crippen molar-refractivity contribution in [3.05, 3.63) is 40.9 Å². The lowest BCUT2D eigenvalue weighted by molar-refractivity contribution is -0.145. The highest BCUT2D eigenvalue weighted by Gasteiger charge is 2.37. The molecule has 0 unspecified atom stereocenters. The van der Waals surface area contributed by atoms with Gasteiger partial charge in [-0.05, 0) is 31.9 Å². The third-order valence-electron chi connectivity index (χ3n) is 4.99. The molecule has 0 spiro atoms. The summed E-state index contributed by atoms with van der Waals surface area (Å²) in [5, 5.41) is 14.3. The predicted molar refractivity (Wildman–Crippen MR) is 101 cm³/mol. The number of aliphatic carboxylic acids is 1. The van der Waals surface area contributed by atoms with Gasteiger partial charge in [-0.3, -0.25) is 9.59 Å². The van der Waals surface area contributed by atoms with Crippen LogP contribution in [-0.4, -0.2) is 49.2 Å². The van der Waals surface area contributed by atoms with Crippen LogP contribution in [0, 0.1) is 5.92 Å². The van der Waals surface area contributed by atoms with Crippen molar-refractivity contribution in [2.75, 3.05) is 6.54 Å². The molecule has 1 N–H and O–H groups in total. The molecular formula is C19H23ClN4O3. The largest absolute Gasteiger partial charge is 0.481 e. The number of piperidine rings is 1. The SMILES string of the molecule is CC(C)c1nc(C(=O)N2CCC[C@H](C(=O)O)[C@@H]2C)nn1-c1ccccc1Cl. The molecule has 1 aliphatic rings. The number of benzene rings is 1. The van der Waals surface area contributed by atoms with Gasteiger partial charge in [-0.15, -0.1) is 5.10 Å². The van der Waals surface area contributed by atoms with Crippen molar-refractivity contribution in [1.82, 2.24) is 19.7 Å². The van der Waals surface area contributed by atoms with E-state index in [9.17, 15) is 14.7 Å². The molecule has 1 aliphatic heterocycles. The molecule has 7 nitrogen and oxygen atoms in total. The molecule has 1 saturated heterocycles.